The fourth-order valence-corrected chi connectivity index (χ4v) is 2.05. The maximum absolute atomic E-state index is 10.1. The topological polar surface area (TPSA) is 72.5 Å². The van der Waals surface area contributed by atoms with Crippen molar-refractivity contribution in [2.45, 2.75) is 45.4 Å². The molecule has 162 valence electrons. The Kier molecular flexibility index (Phi) is 24.9. The molecule has 0 rings (SSSR count). The minimum Gasteiger partial charge on any atom is -0.381 e. The van der Waals surface area contributed by atoms with Crippen molar-refractivity contribution in [3.05, 3.63) is 0 Å². The van der Waals surface area contributed by atoms with Crippen LogP contribution < -0.4 is 0 Å². The van der Waals surface area contributed by atoms with Crippen LogP contribution in [-0.2, 0) is 33.2 Å². The van der Waals surface area contributed by atoms with E-state index in [0.29, 0.717) is 65.9 Å². The molecule has 27 heavy (non-hydrogen) atoms. The van der Waals surface area contributed by atoms with Crippen molar-refractivity contribution < 1.29 is 33.2 Å². The third-order valence-corrected chi connectivity index (χ3v) is 3.59. The number of hydrogen-bond acceptors (Lipinski definition) is 7. The van der Waals surface area contributed by atoms with E-state index in [1.54, 1.807) is 0 Å². The van der Waals surface area contributed by atoms with Crippen molar-refractivity contribution in [3.63, 3.8) is 0 Å². The first kappa shape index (κ1) is 26.4. The molecule has 0 saturated heterocycles. The Bertz CT molecular complexity index is 277. The first-order chi connectivity index (χ1) is 13.4. The first-order valence-corrected chi connectivity index (χ1v) is 10.3. The maximum atomic E-state index is 10.1. The van der Waals surface area contributed by atoms with Crippen molar-refractivity contribution >= 4 is 6.29 Å². The van der Waals surface area contributed by atoms with E-state index < -0.39 is 0 Å². The monoisotopic (exact) mass is 392 g/mol. The second-order valence-electron chi connectivity index (χ2n) is 6.04. The standard InChI is InChI=1S/C20H40O7/c1-2-3-9-22-10-5-4-6-11-23-13-15-25-17-19-27-20-18-26-16-14-24-12-7-8-21/h8H,2-7,9-20H2,1H3. The SMILES string of the molecule is CCCCOCCCCCOCCOCCOCCOCCOCCC=O. The average Bonchev–Trinajstić information content (AvgIpc) is 2.68. The number of rotatable bonds is 24. The zero-order chi connectivity index (χ0) is 19.7. The van der Waals surface area contributed by atoms with Crippen molar-refractivity contribution in [1.29, 1.82) is 0 Å². The lowest BCUT2D eigenvalue weighted by Crippen LogP contribution is -2.13. The zero-order valence-electron chi connectivity index (χ0n) is 17.2. The fourth-order valence-electron chi connectivity index (χ4n) is 2.05. The number of aldehydes is 1. The van der Waals surface area contributed by atoms with Crippen molar-refractivity contribution in [2.24, 2.45) is 0 Å². The predicted octanol–water partition coefficient (Wildman–Crippen LogP) is 2.65. The second-order valence-corrected chi connectivity index (χ2v) is 6.04. The van der Waals surface area contributed by atoms with Gasteiger partial charge in [0.1, 0.15) is 6.29 Å². The summed E-state index contributed by atoms with van der Waals surface area (Å²) in [6.45, 7) is 9.59. The van der Waals surface area contributed by atoms with Gasteiger partial charge in [-0.15, -0.1) is 0 Å². The molecule has 0 heterocycles. The molecule has 0 aliphatic rings. The second kappa shape index (κ2) is 25.4. The van der Waals surface area contributed by atoms with Gasteiger partial charge in [0.25, 0.3) is 0 Å². The lowest BCUT2D eigenvalue weighted by molar-refractivity contribution is -0.108. The van der Waals surface area contributed by atoms with E-state index in [0.717, 1.165) is 51.8 Å². The molecule has 0 aromatic carbocycles. The molecule has 0 bridgehead atoms. The van der Waals surface area contributed by atoms with Crippen LogP contribution in [0.4, 0.5) is 0 Å². The zero-order valence-corrected chi connectivity index (χ0v) is 17.2. The van der Waals surface area contributed by atoms with E-state index in [2.05, 4.69) is 6.92 Å². The quantitative estimate of drug-likeness (QED) is 0.185. The molecule has 0 radical (unpaired) electrons. The molecule has 0 fully saturated rings. The van der Waals surface area contributed by atoms with Crippen LogP contribution >= 0.6 is 0 Å². The summed E-state index contributed by atoms with van der Waals surface area (Å²) in [6, 6.07) is 0. The van der Waals surface area contributed by atoms with Crippen molar-refractivity contribution in [2.75, 3.05) is 79.3 Å². The molecule has 0 atom stereocenters. The molecule has 0 N–H and O–H groups in total. The Balaban J connectivity index is 2.96. The van der Waals surface area contributed by atoms with Crippen LogP contribution in [0.25, 0.3) is 0 Å². The highest BCUT2D eigenvalue weighted by Gasteiger charge is 1.94. The van der Waals surface area contributed by atoms with Crippen LogP contribution in [0.2, 0.25) is 0 Å². The summed E-state index contributed by atoms with van der Waals surface area (Å²) in [5.41, 5.74) is 0. The molecule has 0 aliphatic heterocycles. The molecule has 0 aliphatic carbocycles. The van der Waals surface area contributed by atoms with Gasteiger partial charge in [-0.3, -0.25) is 0 Å². The normalized spacial score (nSPS) is 11.1. The third-order valence-electron chi connectivity index (χ3n) is 3.59. The molecule has 7 nitrogen and oxygen atoms in total. The molecule has 0 spiro atoms. The van der Waals surface area contributed by atoms with Gasteiger partial charge in [-0.2, -0.15) is 0 Å². The minimum absolute atomic E-state index is 0.433. The average molecular weight is 393 g/mol. The van der Waals surface area contributed by atoms with Crippen LogP contribution in [0.15, 0.2) is 0 Å². The number of carbonyl (C=O) groups is 1. The first-order valence-electron chi connectivity index (χ1n) is 10.3. The minimum atomic E-state index is 0.433. The van der Waals surface area contributed by atoms with Gasteiger partial charge in [-0.1, -0.05) is 13.3 Å². The molecule has 7 heteroatoms. The summed E-state index contributed by atoms with van der Waals surface area (Å²) >= 11 is 0. The van der Waals surface area contributed by atoms with Gasteiger partial charge < -0.3 is 33.2 Å². The molecule has 0 aromatic heterocycles. The van der Waals surface area contributed by atoms with Crippen molar-refractivity contribution in [3.8, 4) is 0 Å². The largest absolute Gasteiger partial charge is 0.381 e. The highest BCUT2D eigenvalue weighted by molar-refractivity contribution is 5.49. The summed E-state index contributed by atoms with van der Waals surface area (Å²) in [5.74, 6) is 0. The summed E-state index contributed by atoms with van der Waals surface area (Å²) in [6.07, 6.45) is 6.95. The van der Waals surface area contributed by atoms with E-state index in [1.807, 2.05) is 0 Å². The van der Waals surface area contributed by atoms with E-state index in [9.17, 15) is 4.79 Å². The van der Waals surface area contributed by atoms with Crippen LogP contribution in [0, 0.1) is 0 Å². The highest BCUT2D eigenvalue weighted by Crippen LogP contribution is 1.98. The maximum Gasteiger partial charge on any atom is 0.122 e. The Morgan fingerprint density at radius 1 is 0.481 bits per heavy atom. The van der Waals surface area contributed by atoms with Gasteiger partial charge >= 0.3 is 0 Å². The summed E-state index contributed by atoms with van der Waals surface area (Å²) in [5, 5.41) is 0. The lowest BCUT2D eigenvalue weighted by Gasteiger charge is -2.08. The Labute approximate surface area is 165 Å². The predicted molar refractivity (Wildman–Crippen MR) is 104 cm³/mol. The van der Waals surface area contributed by atoms with Crippen LogP contribution in [0.5, 0.6) is 0 Å². The molecule has 0 saturated carbocycles. The van der Waals surface area contributed by atoms with E-state index in [1.165, 1.54) is 6.42 Å². The fraction of sp³-hybridized carbons (Fsp3) is 0.950. The van der Waals surface area contributed by atoms with E-state index in [-0.39, 0.29) is 0 Å². The van der Waals surface area contributed by atoms with Crippen molar-refractivity contribution in [1.82, 2.24) is 0 Å². The molecule has 0 unspecified atom stereocenters. The molecular formula is C20H40O7. The molecule has 0 aromatic rings. The van der Waals surface area contributed by atoms with Gasteiger partial charge in [-0.05, 0) is 25.7 Å². The number of carbonyl (C=O) groups excluding carboxylic acids is 1. The third kappa shape index (κ3) is 25.4. The lowest BCUT2D eigenvalue weighted by atomic mass is 10.2. The van der Waals surface area contributed by atoms with Crippen LogP contribution in [-0.4, -0.2) is 85.6 Å². The van der Waals surface area contributed by atoms with Gasteiger partial charge in [0, 0.05) is 26.2 Å². The smallest absolute Gasteiger partial charge is 0.122 e. The Morgan fingerprint density at radius 3 is 1.30 bits per heavy atom. The Morgan fingerprint density at radius 2 is 0.852 bits per heavy atom. The van der Waals surface area contributed by atoms with E-state index in [4.69, 9.17) is 28.4 Å². The number of unbranched alkanes of at least 4 members (excludes halogenated alkanes) is 3. The summed E-state index contributed by atoms with van der Waals surface area (Å²) < 4.78 is 32.4. The number of hydrogen-bond donors (Lipinski definition) is 0. The van der Waals surface area contributed by atoms with Crippen LogP contribution in [0.3, 0.4) is 0 Å². The highest BCUT2D eigenvalue weighted by atomic mass is 16.6. The van der Waals surface area contributed by atoms with Gasteiger partial charge in [-0.25, -0.2) is 0 Å². The molecular weight excluding hydrogens is 352 g/mol. The van der Waals surface area contributed by atoms with Crippen LogP contribution in [0.1, 0.15) is 45.4 Å². The Hall–Kier alpha value is -0.570. The summed E-state index contributed by atoms with van der Waals surface area (Å²) in [7, 11) is 0. The molecule has 0 amide bonds. The van der Waals surface area contributed by atoms with Gasteiger partial charge in [0.05, 0.1) is 59.5 Å². The van der Waals surface area contributed by atoms with Gasteiger partial charge in [0.2, 0.25) is 0 Å². The summed E-state index contributed by atoms with van der Waals surface area (Å²) in [4.78, 5) is 10.1. The van der Waals surface area contributed by atoms with E-state index >= 15 is 0 Å². The number of ether oxygens (including phenoxy) is 6. The van der Waals surface area contributed by atoms with Gasteiger partial charge in [0.15, 0.2) is 0 Å².